The molecule has 1 aliphatic rings. The number of benzene rings is 2. The first kappa shape index (κ1) is 20.9. The molecule has 0 spiro atoms. The predicted molar refractivity (Wildman–Crippen MR) is 111 cm³/mol. The van der Waals surface area contributed by atoms with Gasteiger partial charge in [-0.2, -0.15) is 0 Å². The van der Waals surface area contributed by atoms with Gasteiger partial charge in [-0.3, -0.25) is 9.59 Å². The summed E-state index contributed by atoms with van der Waals surface area (Å²) in [5.41, 5.74) is 0.832. The van der Waals surface area contributed by atoms with Crippen molar-refractivity contribution in [2.24, 2.45) is 0 Å². The lowest BCUT2D eigenvalue weighted by Crippen LogP contribution is -2.36. The molecule has 0 atom stereocenters. The number of ether oxygens (including phenoxy) is 2. The second kappa shape index (κ2) is 9.56. The highest BCUT2D eigenvalue weighted by molar-refractivity contribution is 9.10. The van der Waals surface area contributed by atoms with Crippen molar-refractivity contribution < 1.29 is 23.5 Å². The van der Waals surface area contributed by atoms with Crippen molar-refractivity contribution in [1.29, 1.82) is 0 Å². The molecule has 0 unspecified atom stereocenters. The lowest BCUT2D eigenvalue weighted by molar-refractivity contribution is -0.130. The summed E-state index contributed by atoms with van der Waals surface area (Å²) in [6.45, 7) is 2.91. The van der Waals surface area contributed by atoms with Gasteiger partial charge < -0.3 is 19.7 Å². The molecule has 152 valence electrons. The summed E-state index contributed by atoms with van der Waals surface area (Å²) in [4.78, 5) is 26.1. The summed E-state index contributed by atoms with van der Waals surface area (Å²) < 4.78 is 25.4. The van der Waals surface area contributed by atoms with E-state index in [0.717, 1.165) is 0 Å². The molecule has 0 saturated heterocycles. The zero-order valence-corrected chi connectivity index (χ0v) is 17.4. The third kappa shape index (κ3) is 5.57. The summed E-state index contributed by atoms with van der Waals surface area (Å²) >= 11 is 3.27. The Kier molecular flexibility index (Phi) is 6.87. The van der Waals surface area contributed by atoms with Gasteiger partial charge in [-0.25, -0.2) is 4.39 Å². The first-order valence-electron chi connectivity index (χ1n) is 9.08. The van der Waals surface area contributed by atoms with E-state index in [9.17, 15) is 14.0 Å². The molecule has 6 nitrogen and oxygen atoms in total. The third-order valence-corrected chi connectivity index (χ3v) is 4.71. The van der Waals surface area contributed by atoms with Crippen LogP contribution < -0.4 is 14.8 Å². The van der Waals surface area contributed by atoms with Gasteiger partial charge >= 0.3 is 0 Å². The smallest absolute Gasteiger partial charge is 0.247 e. The van der Waals surface area contributed by atoms with E-state index >= 15 is 0 Å². The molecule has 0 saturated carbocycles. The summed E-state index contributed by atoms with van der Waals surface area (Å²) in [6, 6.07) is 9.58. The maximum atomic E-state index is 13.8. The van der Waals surface area contributed by atoms with E-state index in [1.54, 1.807) is 37.3 Å². The fourth-order valence-corrected chi connectivity index (χ4v) is 3.13. The Morgan fingerprint density at radius 3 is 2.69 bits per heavy atom. The molecule has 3 rings (SSSR count). The van der Waals surface area contributed by atoms with Crippen LogP contribution in [0, 0.1) is 5.82 Å². The standard InChI is InChI=1S/C21H20BrFN2O4/c1-2-25(21(27)8-3-14-11-15(22)4-6-17(14)23)13-20(26)24-16-5-7-18-19(12-16)29-10-9-28-18/h3-8,11-12H,2,9-10,13H2,1H3,(H,24,26)/b8-3+. The van der Waals surface area contributed by atoms with E-state index in [4.69, 9.17) is 9.47 Å². The molecule has 8 heteroatoms. The van der Waals surface area contributed by atoms with Crippen molar-refractivity contribution in [2.75, 3.05) is 31.6 Å². The minimum Gasteiger partial charge on any atom is -0.486 e. The number of halogens is 2. The summed E-state index contributed by atoms with van der Waals surface area (Å²) in [5, 5.41) is 2.74. The van der Waals surface area contributed by atoms with Crippen molar-refractivity contribution in [2.45, 2.75) is 6.92 Å². The quantitative estimate of drug-likeness (QED) is 0.661. The molecular formula is C21H20BrFN2O4. The minimum absolute atomic E-state index is 0.130. The Morgan fingerprint density at radius 1 is 1.17 bits per heavy atom. The average molecular weight is 463 g/mol. The van der Waals surface area contributed by atoms with Crippen LogP contribution >= 0.6 is 15.9 Å². The van der Waals surface area contributed by atoms with E-state index in [1.165, 1.54) is 23.1 Å². The first-order valence-corrected chi connectivity index (χ1v) is 9.87. The lowest BCUT2D eigenvalue weighted by atomic mass is 10.2. The van der Waals surface area contributed by atoms with E-state index in [-0.39, 0.29) is 23.9 Å². The molecule has 0 fully saturated rings. The summed E-state index contributed by atoms with van der Waals surface area (Å²) in [7, 11) is 0. The summed E-state index contributed by atoms with van der Waals surface area (Å²) in [5.74, 6) is 0.0285. The van der Waals surface area contributed by atoms with Crippen LogP contribution in [-0.4, -0.2) is 43.0 Å². The topological polar surface area (TPSA) is 67.9 Å². The van der Waals surface area contributed by atoms with Crippen LogP contribution in [0.1, 0.15) is 12.5 Å². The molecule has 1 N–H and O–H groups in total. The number of rotatable bonds is 6. The van der Waals surface area contributed by atoms with Gasteiger partial charge in [0.2, 0.25) is 11.8 Å². The average Bonchev–Trinajstić information content (AvgIpc) is 2.72. The van der Waals surface area contributed by atoms with E-state index in [1.807, 2.05) is 0 Å². The van der Waals surface area contributed by atoms with Crippen molar-refractivity contribution in [1.82, 2.24) is 4.90 Å². The molecule has 1 aliphatic heterocycles. The Bertz CT molecular complexity index is 948. The lowest BCUT2D eigenvalue weighted by Gasteiger charge is -2.20. The fourth-order valence-electron chi connectivity index (χ4n) is 2.75. The maximum absolute atomic E-state index is 13.8. The number of fused-ring (bicyclic) bond motifs is 1. The van der Waals surface area contributed by atoms with Crippen LogP contribution in [0.3, 0.4) is 0 Å². The number of hydrogen-bond acceptors (Lipinski definition) is 4. The predicted octanol–water partition coefficient (Wildman–Crippen LogP) is 3.86. The van der Waals surface area contributed by atoms with Gasteiger partial charge in [0.15, 0.2) is 11.5 Å². The number of amides is 2. The van der Waals surface area contributed by atoms with Gasteiger partial charge in [0.1, 0.15) is 25.6 Å². The van der Waals surface area contributed by atoms with Gasteiger partial charge in [-0.1, -0.05) is 15.9 Å². The Labute approximate surface area is 176 Å². The van der Waals surface area contributed by atoms with E-state index in [0.29, 0.717) is 41.4 Å². The third-order valence-electron chi connectivity index (χ3n) is 4.22. The Morgan fingerprint density at radius 2 is 1.93 bits per heavy atom. The van der Waals surface area contributed by atoms with Crippen LogP contribution in [0.15, 0.2) is 46.9 Å². The number of hydrogen-bond donors (Lipinski definition) is 1. The number of carbonyl (C=O) groups excluding carboxylic acids is 2. The Hall–Kier alpha value is -2.87. The van der Waals surface area contributed by atoms with Gasteiger partial charge in [0, 0.05) is 34.4 Å². The highest BCUT2D eigenvalue weighted by Crippen LogP contribution is 2.32. The van der Waals surface area contributed by atoms with E-state index in [2.05, 4.69) is 21.2 Å². The molecule has 29 heavy (non-hydrogen) atoms. The number of likely N-dealkylation sites (N-methyl/N-ethyl adjacent to an activating group) is 1. The van der Waals surface area contributed by atoms with Crippen molar-refractivity contribution in [3.63, 3.8) is 0 Å². The molecular weight excluding hydrogens is 443 g/mol. The number of nitrogens with one attached hydrogen (secondary N) is 1. The van der Waals surface area contributed by atoms with Gasteiger partial charge in [0.05, 0.1) is 0 Å². The number of nitrogens with zero attached hydrogens (tertiary/aromatic N) is 1. The zero-order valence-electron chi connectivity index (χ0n) is 15.8. The van der Waals surface area contributed by atoms with Crippen LogP contribution in [0.5, 0.6) is 11.5 Å². The SMILES string of the molecule is CCN(CC(=O)Nc1ccc2c(c1)OCCO2)C(=O)/C=C/c1cc(Br)ccc1F. The molecule has 2 amide bonds. The highest BCUT2D eigenvalue weighted by atomic mass is 79.9. The number of carbonyl (C=O) groups is 2. The minimum atomic E-state index is -0.434. The molecule has 1 heterocycles. The number of anilines is 1. The second-order valence-corrected chi connectivity index (χ2v) is 7.17. The largest absolute Gasteiger partial charge is 0.486 e. The maximum Gasteiger partial charge on any atom is 0.247 e. The molecule has 2 aromatic rings. The van der Waals surface area contributed by atoms with Gasteiger partial charge in [-0.05, 0) is 43.3 Å². The monoisotopic (exact) mass is 462 g/mol. The molecule has 2 aromatic carbocycles. The fraction of sp³-hybridized carbons (Fsp3) is 0.238. The van der Waals surface area contributed by atoms with Crippen LogP contribution in [-0.2, 0) is 9.59 Å². The Balaban J connectivity index is 1.61. The second-order valence-electron chi connectivity index (χ2n) is 6.26. The molecule has 0 bridgehead atoms. The van der Waals surface area contributed by atoms with Gasteiger partial charge in [0.25, 0.3) is 0 Å². The first-order chi connectivity index (χ1) is 14.0. The van der Waals surface area contributed by atoms with E-state index < -0.39 is 5.82 Å². The van der Waals surface area contributed by atoms with Gasteiger partial charge in [-0.15, -0.1) is 0 Å². The summed E-state index contributed by atoms with van der Waals surface area (Å²) in [6.07, 6.45) is 2.65. The van der Waals surface area contributed by atoms with Crippen molar-refractivity contribution in [3.8, 4) is 11.5 Å². The van der Waals surface area contributed by atoms with Crippen LogP contribution in [0.25, 0.3) is 6.08 Å². The van der Waals surface area contributed by atoms with Crippen molar-refractivity contribution in [3.05, 3.63) is 58.3 Å². The van der Waals surface area contributed by atoms with Crippen LogP contribution in [0.2, 0.25) is 0 Å². The van der Waals surface area contributed by atoms with Crippen LogP contribution in [0.4, 0.5) is 10.1 Å². The molecule has 0 aliphatic carbocycles. The zero-order chi connectivity index (χ0) is 20.8. The normalized spacial score (nSPS) is 12.7. The van der Waals surface area contributed by atoms with Crippen molar-refractivity contribution >= 4 is 39.5 Å². The highest BCUT2D eigenvalue weighted by Gasteiger charge is 2.16. The molecule has 0 radical (unpaired) electrons. The molecule has 0 aromatic heterocycles.